The van der Waals surface area contributed by atoms with Crippen molar-refractivity contribution in [3.63, 3.8) is 0 Å². The lowest BCUT2D eigenvalue weighted by molar-refractivity contribution is 0.605. The molecule has 1 saturated carbocycles. The van der Waals surface area contributed by atoms with Gasteiger partial charge in [0.05, 0.1) is 0 Å². The second-order valence-electron chi connectivity index (χ2n) is 3.28. The first-order chi connectivity index (χ1) is 5.75. The molecule has 1 fully saturated rings. The summed E-state index contributed by atoms with van der Waals surface area (Å²) in [7, 11) is 0. The highest BCUT2D eigenvalue weighted by Crippen LogP contribution is 2.30. The fraction of sp³-hybridized carbons (Fsp3) is 0.444. The Morgan fingerprint density at radius 3 is 2.92 bits per heavy atom. The van der Waals surface area contributed by atoms with E-state index in [-0.39, 0.29) is 5.56 Å². The molecule has 2 rings (SSSR count). The highest BCUT2D eigenvalue weighted by atomic mass is 127. The summed E-state index contributed by atoms with van der Waals surface area (Å²) in [5.74, 6) is 0.765. The number of halogens is 1. The van der Waals surface area contributed by atoms with Gasteiger partial charge in [0.15, 0.2) is 0 Å². The predicted molar refractivity (Wildman–Crippen MR) is 56.1 cm³/mol. The van der Waals surface area contributed by atoms with E-state index in [1.165, 1.54) is 12.8 Å². The summed E-state index contributed by atoms with van der Waals surface area (Å²) in [6.07, 6.45) is 4.51. The Balaban J connectivity index is 2.27. The van der Waals surface area contributed by atoms with Crippen LogP contribution < -0.4 is 5.56 Å². The molecule has 1 aromatic heterocycles. The average molecular weight is 275 g/mol. The third kappa shape index (κ3) is 1.88. The van der Waals surface area contributed by atoms with Gasteiger partial charge in [0.25, 0.3) is 5.56 Å². The summed E-state index contributed by atoms with van der Waals surface area (Å²) in [6, 6.07) is 3.50. The zero-order valence-electron chi connectivity index (χ0n) is 6.66. The second kappa shape index (κ2) is 3.20. The third-order valence-electron chi connectivity index (χ3n) is 2.10. The minimum Gasteiger partial charge on any atom is -0.314 e. The summed E-state index contributed by atoms with van der Waals surface area (Å²) >= 11 is 2.23. The van der Waals surface area contributed by atoms with E-state index in [0.717, 1.165) is 16.0 Å². The van der Waals surface area contributed by atoms with Gasteiger partial charge in [-0.3, -0.25) is 4.79 Å². The summed E-state index contributed by atoms with van der Waals surface area (Å²) in [5.41, 5.74) is 0.127. The number of hydrogen-bond donors (Lipinski definition) is 0. The summed E-state index contributed by atoms with van der Waals surface area (Å²) < 4.78 is 2.95. The van der Waals surface area contributed by atoms with Crippen molar-refractivity contribution in [3.8, 4) is 0 Å². The van der Waals surface area contributed by atoms with Crippen molar-refractivity contribution in [2.75, 3.05) is 0 Å². The Kier molecular flexibility index (Phi) is 2.21. The van der Waals surface area contributed by atoms with Crippen LogP contribution in [0.15, 0.2) is 23.1 Å². The van der Waals surface area contributed by atoms with E-state index in [1.807, 2.05) is 16.8 Å². The van der Waals surface area contributed by atoms with Gasteiger partial charge in [-0.1, -0.05) is 0 Å². The van der Waals surface area contributed by atoms with Crippen LogP contribution in [-0.2, 0) is 6.54 Å². The molecule has 12 heavy (non-hydrogen) atoms. The van der Waals surface area contributed by atoms with Gasteiger partial charge in [0.2, 0.25) is 0 Å². The molecule has 0 atom stereocenters. The van der Waals surface area contributed by atoms with Crippen LogP contribution in [0.25, 0.3) is 0 Å². The van der Waals surface area contributed by atoms with Gasteiger partial charge >= 0.3 is 0 Å². The standard InChI is InChI=1S/C9H10INO/c10-8-3-4-9(12)11(6-8)5-7-1-2-7/h3-4,6-7H,1-2,5H2. The summed E-state index contributed by atoms with van der Waals surface area (Å²) in [5, 5.41) is 0. The smallest absolute Gasteiger partial charge is 0.250 e. The fourth-order valence-electron chi connectivity index (χ4n) is 1.22. The molecule has 0 saturated heterocycles. The minimum absolute atomic E-state index is 0.127. The van der Waals surface area contributed by atoms with E-state index in [0.29, 0.717) is 0 Å². The Morgan fingerprint density at radius 1 is 1.50 bits per heavy atom. The maximum atomic E-state index is 11.3. The molecular weight excluding hydrogens is 265 g/mol. The zero-order valence-corrected chi connectivity index (χ0v) is 8.82. The first kappa shape index (κ1) is 8.29. The van der Waals surface area contributed by atoms with Gasteiger partial charge in [-0.25, -0.2) is 0 Å². The zero-order chi connectivity index (χ0) is 8.55. The second-order valence-corrected chi connectivity index (χ2v) is 4.53. The van der Waals surface area contributed by atoms with Crippen molar-refractivity contribution >= 4 is 22.6 Å². The molecule has 1 aromatic rings. The van der Waals surface area contributed by atoms with E-state index in [1.54, 1.807) is 6.07 Å². The lowest BCUT2D eigenvalue weighted by atomic mass is 10.4. The SMILES string of the molecule is O=c1ccc(I)cn1CC1CC1. The Hall–Kier alpha value is -0.320. The number of hydrogen-bond acceptors (Lipinski definition) is 1. The number of rotatable bonds is 2. The highest BCUT2D eigenvalue weighted by Gasteiger charge is 2.21. The lowest BCUT2D eigenvalue weighted by Gasteiger charge is -2.03. The molecule has 0 amide bonds. The van der Waals surface area contributed by atoms with E-state index >= 15 is 0 Å². The minimum atomic E-state index is 0.127. The van der Waals surface area contributed by atoms with Crippen molar-refractivity contribution in [2.24, 2.45) is 5.92 Å². The van der Waals surface area contributed by atoms with Gasteiger partial charge < -0.3 is 4.57 Å². The van der Waals surface area contributed by atoms with Crippen LogP contribution in [-0.4, -0.2) is 4.57 Å². The van der Waals surface area contributed by atoms with Crippen molar-refractivity contribution < 1.29 is 0 Å². The van der Waals surface area contributed by atoms with E-state index in [4.69, 9.17) is 0 Å². The van der Waals surface area contributed by atoms with Gasteiger partial charge in [0, 0.05) is 22.4 Å². The largest absolute Gasteiger partial charge is 0.314 e. The van der Waals surface area contributed by atoms with Crippen LogP contribution in [0.3, 0.4) is 0 Å². The van der Waals surface area contributed by atoms with Crippen molar-refractivity contribution in [3.05, 3.63) is 32.3 Å². The van der Waals surface area contributed by atoms with Gasteiger partial charge in [0.1, 0.15) is 0 Å². The van der Waals surface area contributed by atoms with Crippen molar-refractivity contribution in [1.29, 1.82) is 0 Å². The molecule has 0 bridgehead atoms. The Morgan fingerprint density at radius 2 is 2.25 bits per heavy atom. The fourth-order valence-corrected chi connectivity index (χ4v) is 1.74. The van der Waals surface area contributed by atoms with Crippen molar-refractivity contribution in [2.45, 2.75) is 19.4 Å². The maximum absolute atomic E-state index is 11.3. The summed E-state index contributed by atoms with van der Waals surface area (Å²) in [4.78, 5) is 11.3. The molecule has 0 aromatic carbocycles. The molecule has 2 nitrogen and oxygen atoms in total. The molecule has 1 heterocycles. The molecule has 0 radical (unpaired) electrons. The van der Waals surface area contributed by atoms with Crippen LogP contribution in [0.1, 0.15) is 12.8 Å². The molecule has 0 unspecified atom stereocenters. The number of nitrogens with zero attached hydrogens (tertiary/aromatic N) is 1. The molecule has 3 heteroatoms. The van der Waals surface area contributed by atoms with Crippen LogP contribution in [0.5, 0.6) is 0 Å². The van der Waals surface area contributed by atoms with Crippen molar-refractivity contribution in [1.82, 2.24) is 4.57 Å². The topological polar surface area (TPSA) is 22.0 Å². The molecular formula is C9H10INO. The average Bonchev–Trinajstić information content (AvgIpc) is 2.81. The van der Waals surface area contributed by atoms with Crippen LogP contribution in [0.2, 0.25) is 0 Å². The lowest BCUT2D eigenvalue weighted by Crippen LogP contribution is -2.19. The highest BCUT2D eigenvalue weighted by molar-refractivity contribution is 14.1. The number of pyridine rings is 1. The Bertz CT molecular complexity index is 341. The quantitative estimate of drug-likeness (QED) is 0.755. The van der Waals surface area contributed by atoms with Gasteiger partial charge in [-0.2, -0.15) is 0 Å². The van der Waals surface area contributed by atoms with Gasteiger partial charge in [-0.15, -0.1) is 0 Å². The molecule has 0 N–H and O–H groups in total. The van der Waals surface area contributed by atoms with Gasteiger partial charge in [-0.05, 0) is 47.4 Å². The molecule has 0 aliphatic heterocycles. The first-order valence-corrected chi connectivity index (χ1v) is 5.19. The van der Waals surface area contributed by atoms with E-state index < -0.39 is 0 Å². The Labute approximate surface area is 84.7 Å². The predicted octanol–water partition coefficient (Wildman–Crippen LogP) is 1.86. The molecule has 64 valence electrons. The van der Waals surface area contributed by atoms with E-state index in [9.17, 15) is 4.79 Å². The van der Waals surface area contributed by atoms with Crippen LogP contribution >= 0.6 is 22.6 Å². The van der Waals surface area contributed by atoms with Crippen LogP contribution in [0, 0.1) is 9.49 Å². The first-order valence-electron chi connectivity index (χ1n) is 4.12. The third-order valence-corrected chi connectivity index (χ3v) is 2.74. The molecule has 1 aliphatic rings. The summed E-state index contributed by atoms with van der Waals surface area (Å²) in [6.45, 7) is 0.912. The van der Waals surface area contributed by atoms with Crippen LogP contribution in [0.4, 0.5) is 0 Å². The number of aromatic nitrogens is 1. The molecule has 1 aliphatic carbocycles. The maximum Gasteiger partial charge on any atom is 0.250 e. The normalized spacial score (nSPS) is 16.4. The van der Waals surface area contributed by atoms with E-state index in [2.05, 4.69) is 22.6 Å². The molecule has 0 spiro atoms. The monoisotopic (exact) mass is 275 g/mol.